The number of nitrogens with zero attached hydrogens (tertiary/aromatic N) is 1. The normalized spacial score (nSPS) is 14.7. The number of nitrogens with two attached hydrogens (primary N) is 1. The Morgan fingerprint density at radius 3 is 2.42 bits per heavy atom. The minimum absolute atomic E-state index is 0.250. The van der Waals surface area contributed by atoms with E-state index in [1.807, 2.05) is 0 Å². The summed E-state index contributed by atoms with van der Waals surface area (Å²) in [5, 5.41) is 2.56. The number of aldehydes is 1. The van der Waals surface area contributed by atoms with Crippen LogP contribution >= 0.6 is 0 Å². The zero-order chi connectivity index (χ0) is 9.72. The number of amides is 2. The maximum absolute atomic E-state index is 11.0. The second-order valence-corrected chi connectivity index (χ2v) is 2.85. The lowest BCUT2D eigenvalue weighted by atomic mass is 10.2. The molecule has 0 aliphatic carbocycles. The molecular weight excluding hydrogens is 158 g/mol. The van der Waals surface area contributed by atoms with Crippen LogP contribution < -0.4 is 11.1 Å². The monoisotopic (exact) mass is 173 g/mol. The molecule has 0 heterocycles. The van der Waals surface area contributed by atoms with E-state index in [0.717, 1.165) is 0 Å². The summed E-state index contributed by atoms with van der Waals surface area (Å²) in [5.41, 5.74) is 5.36. The zero-order valence-corrected chi connectivity index (χ0v) is 7.57. The molecule has 0 rings (SSSR count). The summed E-state index contributed by atoms with van der Waals surface area (Å²) < 4.78 is 0. The van der Waals surface area contributed by atoms with Gasteiger partial charge in [0.2, 0.25) is 0 Å². The SMILES string of the molecule is CC(NC(=O)N(C)C)C(N)C=O. The fourth-order valence-corrected chi connectivity index (χ4v) is 0.538. The first-order chi connectivity index (χ1) is 5.49. The van der Waals surface area contributed by atoms with Crippen molar-refractivity contribution in [3.05, 3.63) is 0 Å². The molecule has 0 saturated heterocycles. The van der Waals surface area contributed by atoms with Crippen LogP contribution in [0.4, 0.5) is 4.79 Å². The molecule has 5 nitrogen and oxygen atoms in total. The van der Waals surface area contributed by atoms with E-state index < -0.39 is 6.04 Å². The van der Waals surface area contributed by atoms with Crippen molar-refractivity contribution in [2.24, 2.45) is 5.73 Å². The van der Waals surface area contributed by atoms with E-state index in [2.05, 4.69) is 5.32 Å². The van der Waals surface area contributed by atoms with Gasteiger partial charge in [-0.15, -0.1) is 0 Å². The van der Waals surface area contributed by atoms with E-state index in [1.165, 1.54) is 4.90 Å². The van der Waals surface area contributed by atoms with E-state index in [1.54, 1.807) is 21.0 Å². The number of carbonyl (C=O) groups excluding carboxylic acids is 2. The van der Waals surface area contributed by atoms with Gasteiger partial charge in [-0.1, -0.05) is 0 Å². The number of nitrogens with one attached hydrogen (secondary N) is 1. The summed E-state index contributed by atoms with van der Waals surface area (Å²) in [5.74, 6) is 0. The maximum atomic E-state index is 11.0. The number of carbonyl (C=O) groups is 2. The van der Waals surface area contributed by atoms with E-state index in [-0.39, 0.29) is 12.1 Å². The fourth-order valence-electron chi connectivity index (χ4n) is 0.538. The molecule has 0 aliphatic heterocycles. The van der Waals surface area contributed by atoms with Crippen LogP contribution in [0, 0.1) is 0 Å². The van der Waals surface area contributed by atoms with Gasteiger partial charge in [0.15, 0.2) is 0 Å². The molecule has 0 bridgehead atoms. The highest BCUT2D eigenvalue weighted by Crippen LogP contribution is 1.87. The molecule has 2 amide bonds. The first-order valence-corrected chi connectivity index (χ1v) is 3.67. The Kier molecular flexibility index (Phi) is 4.28. The molecule has 2 unspecified atom stereocenters. The first kappa shape index (κ1) is 10.9. The molecule has 2 atom stereocenters. The standard InChI is InChI=1S/C7H15N3O2/c1-5(6(8)4-11)9-7(12)10(2)3/h4-6H,8H2,1-3H3,(H,9,12). The average Bonchev–Trinajstić information content (AvgIpc) is 2.02. The third-order valence-electron chi connectivity index (χ3n) is 1.49. The Hall–Kier alpha value is -1.10. The maximum Gasteiger partial charge on any atom is 0.317 e. The molecule has 0 fully saturated rings. The van der Waals surface area contributed by atoms with Crippen molar-refractivity contribution in [1.29, 1.82) is 0 Å². The number of hydrogen-bond donors (Lipinski definition) is 2. The summed E-state index contributed by atoms with van der Waals surface area (Å²) in [6.45, 7) is 1.68. The second-order valence-electron chi connectivity index (χ2n) is 2.85. The average molecular weight is 173 g/mol. The van der Waals surface area contributed by atoms with E-state index in [4.69, 9.17) is 5.73 Å². The molecule has 0 aromatic rings. The Morgan fingerprint density at radius 2 is 2.08 bits per heavy atom. The highest BCUT2D eigenvalue weighted by atomic mass is 16.2. The summed E-state index contributed by atoms with van der Waals surface area (Å²) in [7, 11) is 3.24. The van der Waals surface area contributed by atoms with Crippen molar-refractivity contribution < 1.29 is 9.59 Å². The van der Waals surface area contributed by atoms with Crippen molar-refractivity contribution >= 4 is 12.3 Å². The molecule has 0 radical (unpaired) electrons. The van der Waals surface area contributed by atoms with Crippen LogP contribution in [-0.2, 0) is 4.79 Å². The largest absolute Gasteiger partial charge is 0.334 e. The summed E-state index contributed by atoms with van der Waals surface area (Å²) >= 11 is 0. The van der Waals surface area contributed by atoms with Crippen LogP contribution in [-0.4, -0.2) is 43.4 Å². The Bertz CT molecular complexity index is 170. The smallest absolute Gasteiger partial charge is 0.317 e. The third kappa shape index (κ3) is 3.34. The molecule has 12 heavy (non-hydrogen) atoms. The minimum Gasteiger partial charge on any atom is -0.334 e. The second kappa shape index (κ2) is 4.71. The minimum atomic E-state index is -0.645. The Labute approximate surface area is 71.9 Å². The van der Waals surface area contributed by atoms with Gasteiger partial charge in [0, 0.05) is 20.1 Å². The topological polar surface area (TPSA) is 75.4 Å². The van der Waals surface area contributed by atoms with Crippen molar-refractivity contribution in [2.75, 3.05) is 14.1 Å². The highest BCUT2D eigenvalue weighted by molar-refractivity contribution is 5.74. The number of rotatable bonds is 3. The molecule has 0 aliphatic rings. The summed E-state index contributed by atoms with van der Waals surface area (Å²) in [6.07, 6.45) is 0.612. The Morgan fingerprint density at radius 1 is 1.58 bits per heavy atom. The predicted octanol–water partition coefficient (Wildman–Crippen LogP) is -0.828. The molecule has 0 spiro atoms. The number of hydrogen-bond acceptors (Lipinski definition) is 3. The van der Waals surface area contributed by atoms with Crippen LogP contribution in [0.2, 0.25) is 0 Å². The predicted molar refractivity (Wildman–Crippen MR) is 45.7 cm³/mol. The van der Waals surface area contributed by atoms with E-state index >= 15 is 0 Å². The van der Waals surface area contributed by atoms with Crippen LogP contribution in [0.3, 0.4) is 0 Å². The van der Waals surface area contributed by atoms with Gasteiger partial charge in [-0.05, 0) is 6.92 Å². The van der Waals surface area contributed by atoms with Gasteiger partial charge in [0.25, 0.3) is 0 Å². The molecule has 0 aromatic carbocycles. The zero-order valence-electron chi connectivity index (χ0n) is 7.57. The van der Waals surface area contributed by atoms with Crippen LogP contribution in [0.1, 0.15) is 6.92 Å². The van der Waals surface area contributed by atoms with Crippen LogP contribution in [0.15, 0.2) is 0 Å². The van der Waals surface area contributed by atoms with Crippen LogP contribution in [0.5, 0.6) is 0 Å². The lowest BCUT2D eigenvalue weighted by molar-refractivity contribution is -0.109. The molecular formula is C7H15N3O2. The Balaban J connectivity index is 3.91. The molecule has 70 valence electrons. The van der Waals surface area contributed by atoms with E-state index in [9.17, 15) is 9.59 Å². The molecule has 3 N–H and O–H groups in total. The molecule has 5 heteroatoms. The van der Waals surface area contributed by atoms with Gasteiger partial charge < -0.3 is 20.7 Å². The molecule has 0 saturated carbocycles. The molecule has 0 aromatic heterocycles. The van der Waals surface area contributed by atoms with Gasteiger partial charge in [0.1, 0.15) is 6.29 Å². The van der Waals surface area contributed by atoms with Gasteiger partial charge in [-0.3, -0.25) is 0 Å². The third-order valence-corrected chi connectivity index (χ3v) is 1.49. The van der Waals surface area contributed by atoms with Gasteiger partial charge >= 0.3 is 6.03 Å². The van der Waals surface area contributed by atoms with Crippen molar-refractivity contribution in [1.82, 2.24) is 10.2 Å². The number of urea groups is 1. The lowest BCUT2D eigenvalue weighted by Gasteiger charge is -2.19. The summed E-state index contributed by atoms with van der Waals surface area (Å²) in [4.78, 5) is 22.6. The fraction of sp³-hybridized carbons (Fsp3) is 0.714. The van der Waals surface area contributed by atoms with Crippen molar-refractivity contribution in [3.63, 3.8) is 0 Å². The van der Waals surface area contributed by atoms with E-state index in [0.29, 0.717) is 6.29 Å². The quantitative estimate of drug-likeness (QED) is 0.547. The van der Waals surface area contributed by atoms with Gasteiger partial charge in [-0.2, -0.15) is 0 Å². The van der Waals surface area contributed by atoms with Crippen LogP contribution in [0.25, 0.3) is 0 Å². The van der Waals surface area contributed by atoms with Crippen molar-refractivity contribution in [3.8, 4) is 0 Å². The van der Waals surface area contributed by atoms with Gasteiger partial charge in [-0.25, -0.2) is 4.79 Å². The van der Waals surface area contributed by atoms with Crippen molar-refractivity contribution in [2.45, 2.75) is 19.0 Å². The van der Waals surface area contributed by atoms with Gasteiger partial charge in [0.05, 0.1) is 6.04 Å². The highest BCUT2D eigenvalue weighted by Gasteiger charge is 2.14. The lowest BCUT2D eigenvalue weighted by Crippen LogP contribution is -2.49. The summed E-state index contributed by atoms with van der Waals surface area (Å²) in [6, 6.07) is -1.23. The first-order valence-electron chi connectivity index (χ1n) is 3.67.